The second kappa shape index (κ2) is 3.90. The normalized spacial score (nSPS) is 23.8. The monoisotopic (exact) mass is 171 g/mol. The van der Waals surface area contributed by atoms with Crippen LogP contribution >= 0.6 is 0 Å². The summed E-state index contributed by atoms with van der Waals surface area (Å²) in [4.78, 5) is 13.5. The van der Waals surface area contributed by atoms with Gasteiger partial charge in [-0.15, -0.1) is 0 Å². The quantitative estimate of drug-likeness (QED) is 0.594. The second-order valence-corrected chi connectivity index (χ2v) is 3.42. The third-order valence-electron chi connectivity index (χ3n) is 2.16. The Balaban J connectivity index is 2.32. The van der Waals surface area contributed by atoms with Gasteiger partial charge in [0, 0.05) is 6.54 Å². The molecular weight excluding hydrogens is 154 g/mol. The van der Waals surface area contributed by atoms with E-state index in [0.717, 1.165) is 19.5 Å². The highest BCUT2D eigenvalue weighted by molar-refractivity contribution is 5.76. The number of likely N-dealkylation sites (N-methyl/N-ethyl adjacent to an activating group) is 1. The van der Waals surface area contributed by atoms with E-state index in [4.69, 9.17) is 4.74 Å². The van der Waals surface area contributed by atoms with Crippen molar-refractivity contribution in [3.05, 3.63) is 0 Å². The third-order valence-corrected chi connectivity index (χ3v) is 2.16. The van der Waals surface area contributed by atoms with Gasteiger partial charge >= 0.3 is 5.97 Å². The number of nitrogens with zero attached hydrogens (tertiary/aromatic N) is 1. The average molecular weight is 171 g/mol. The van der Waals surface area contributed by atoms with E-state index in [0.29, 0.717) is 0 Å². The number of carbonyl (C=O) groups is 1. The van der Waals surface area contributed by atoms with Gasteiger partial charge in [-0.3, -0.25) is 9.69 Å². The Labute approximate surface area is 73.7 Å². The molecule has 1 aliphatic rings. The molecule has 0 amide bonds. The molecule has 1 rings (SSSR count). The van der Waals surface area contributed by atoms with Crippen molar-refractivity contribution in [1.82, 2.24) is 4.90 Å². The van der Waals surface area contributed by atoms with Gasteiger partial charge in [-0.05, 0) is 26.8 Å². The summed E-state index contributed by atoms with van der Waals surface area (Å²) < 4.78 is 5.11. The first-order valence-electron chi connectivity index (χ1n) is 4.59. The molecule has 0 aromatic heterocycles. The number of rotatable bonds is 3. The molecule has 3 heteroatoms. The van der Waals surface area contributed by atoms with Crippen LogP contribution in [0.3, 0.4) is 0 Å². The van der Waals surface area contributed by atoms with Gasteiger partial charge in [-0.25, -0.2) is 0 Å². The molecule has 70 valence electrons. The van der Waals surface area contributed by atoms with Crippen LogP contribution in [0.15, 0.2) is 0 Å². The lowest BCUT2D eigenvalue weighted by Gasteiger charge is -2.38. The van der Waals surface area contributed by atoms with Crippen LogP contribution in [0.1, 0.15) is 27.2 Å². The van der Waals surface area contributed by atoms with Crippen LogP contribution in [-0.2, 0) is 9.53 Å². The van der Waals surface area contributed by atoms with Crippen molar-refractivity contribution >= 4 is 5.97 Å². The van der Waals surface area contributed by atoms with Gasteiger partial charge in [0.2, 0.25) is 0 Å². The standard InChI is InChI=1S/C9H17NO2/c1-4-10-6-5-8(10)9(11)12-7(2)3/h7-8H,4-6H2,1-3H3. The number of esters is 1. The van der Waals surface area contributed by atoms with Crippen molar-refractivity contribution in [2.45, 2.75) is 39.3 Å². The number of ether oxygens (including phenoxy) is 1. The van der Waals surface area contributed by atoms with E-state index in [2.05, 4.69) is 11.8 Å². The molecule has 0 radical (unpaired) electrons. The molecule has 1 saturated heterocycles. The molecule has 0 aromatic carbocycles. The number of carbonyl (C=O) groups excluding carboxylic acids is 1. The molecule has 0 saturated carbocycles. The molecular formula is C9H17NO2. The lowest BCUT2D eigenvalue weighted by atomic mass is 10.0. The summed E-state index contributed by atoms with van der Waals surface area (Å²) in [6.45, 7) is 7.81. The van der Waals surface area contributed by atoms with Gasteiger partial charge in [-0.2, -0.15) is 0 Å². The maximum Gasteiger partial charge on any atom is 0.323 e. The summed E-state index contributed by atoms with van der Waals surface area (Å²) in [6, 6.07) is 0.0393. The van der Waals surface area contributed by atoms with E-state index in [1.165, 1.54) is 0 Å². The Morgan fingerprint density at radius 1 is 1.67 bits per heavy atom. The summed E-state index contributed by atoms with van der Waals surface area (Å²) >= 11 is 0. The summed E-state index contributed by atoms with van der Waals surface area (Å²) in [5.41, 5.74) is 0. The lowest BCUT2D eigenvalue weighted by Crippen LogP contribution is -2.53. The van der Waals surface area contributed by atoms with Gasteiger partial charge in [0.25, 0.3) is 0 Å². The Hall–Kier alpha value is -0.570. The Morgan fingerprint density at radius 3 is 2.67 bits per heavy atom. The first kappa shape index (κ1) is 9.52. The topological polar surface area (TPSA) is 29.5 Å². The van der Waals surface area contributed by atoms with Crippen molar-refractivity contribution < 1.29 is 9.53 Å². The fourth-order valence-corrected chi connectivity index (χ4v) is 1.40. The van der Waals surface area contributed by atoms with Crippen LogP contribution < -0.4 is 0 Å². The Morgan fingerprint density at radius 2 is 2.33 bits per heavy atom. The summed E-state index contributed by atoms with van der Waals surface area (Å²) in [5, 5.41) is 0. The molecule has 1 aliphatic heterocycles. The minimum atomic E-state index is -0.0573. The molecule has 12 heavy (non-hydrogen) atoms. The second-order valence-electron chi connectivity index (χ2n) is 3.42. The van der Waals surface area contributed by atoms with Crippen LogP contribution in [-0.4, -0.2) is 36.1 Å². The van der Waals surface area contributed by atoms with Crippen molar-refractivity contribution in [2.24, 2.45) is 0 Å². The van der Waals surface area contributed by atoms with E-state index >= 15 is 0 Å². The predicted molar refractivity (Wildman–Crippen MR) is 46.9 cm³/mol. The number of likely N-dealkylation sites (tertiary alicyclic amines) is 1. The molecule has 1 heterocycles. The third kappa shape index (κ3) is 1.97. The largest absolute Gasteiger partial charge is 0.462 e. The van der Waals surface area contributed by atoms with Crippen LogP contribution in [0.25, 0.3) is 0 Å². The molecule has 0 bridgehead atoms. The lowest BCUT2D eigenvalue weighted by molar-refractivity contribution is -0.158. The molecule has 0 spiro atoms. The SMILES string of the molecule is CCN1CCC1C(=O)OC(C)C. The van der Waals surface area contributed by atoms with E-state index in [-0.39, 0.29) is 18.1 Å². The molecule has 1 fully saturated rings. The van der Waals surface area contributed by atoms with Gasteiger partial charge in [0.15, 0.2) is 0 Å². The van der Waals surface area contributed by atoms with Crippen LogP contribution in [0.2, 0.25) is 0 Å². The van der Waals surface area contributed by atoms with Gasteiger partial charge in [0.05, 0.1) is 6.10 Å². The fraction of sp³-hybridized carbons (Fsp3) is 0.889. The molecule has 0 aromatic rings. The fourth-order valence-electron chi connectivity index (χ4n) is 1.40. The zero-order valence-electron chi connectivity index (χ0n) is 8.04. The minimum Gasteiger partial charge on any atom is -0.462 e. The Bertz CT molecular complexity index is 166. The van der Waals surface area contributed by atoms with Gasteiger partial charge in [0.1, 0.15) is 6.04 Å². The van der Waals surface area contributed by atoms with Crippen molar-refractivity contribution in [3.63, 3.8) is 0 Å². The first-order valence-corrected chi connectivity index (χ1v) is 4.59. The van der Waals surface area contributed by atoms with E-state index in [9.17, 15) is 4.79 Å². The maximum absolute atomic E-state index is 11.3. The van der Waals surface area contributed by atoms with E-state index < -0.39 is 0 Å². The highest BCUT2D eigenvalue weighted by atomic mass is 16.5. The van der Waals surface area contributed by atoms with Crippen LogP contribution in [0.5, 0.6) is 0 Å². The highest BCUT2D eigenvalue weighted by Crippen LogP contribution is 2.18. The van der Waals surface area contributed by atoms with Crippen molar-refractivity contribution in [2.75, 3.05) is 13.1 Å². The molecule has 0 N–H and O–H groups in total. The predicted octanol–water partition coefficient (Wildman–Crippen LogP) is 1.03. The van der Waals surface area contributed by atoms with Gasteiger partial charge < -0.3 is 4.74 Å². The molecule has 0 aliphatic carbocycles. The molecule has 1 unspecified atom stereocenters. The van der Waals surface area contributed by atoms with Crippen molar-refractivity contribution in [1.29, 1.82) is 0 Å². The molecule has 1 atom stereocenters. The molecule has 3 nitrogen and oxygen atoms in total. The number of hydrogen-bond acceptors (Lipinski definition) is 3. The summed E-state index contributed by atoms with van der Waals surface area (Å²) in [5.74, 6) is -0.0573. The minimum absolute atomic E-state index is 0.0109. The van der Waals surface area contributed by atoms with E-state index in [1.807, 2.05) is 13.8 Å². The van der Waals surface area contributed by atoms with Crippen molar-refractivity contribution in [3.8, 4) is 0 Å². The summed E-state index contributed by atoms with van der Waals surface area (Å²) in [6.07, 6.45) is 0.969. The van der Waals surface area contributed by atoms with E-state index in [1.54, 1.807) is 0 Å². The first-order chi connectivity index (χ1) is 5.65. The van der Waals surface area contributed by atoms with Crippen LogP contribution in [0.4, 0.5) is 0 Å². The smallest absolute Gasteiger partial charge is 0.323 e. The van der Waals surface area contributed by atoms with Gasteiger partial charge in [-0.1, -0.05) is 6.92 Å². The zero-order chi connectivity index (χ0) is 9.14. The Kier molecular flexibility index (Phi) is 3.09. The summed E-state index contributed by atoms with van der Waals surface area (Å²) in [7, 11) is 0. The maximum atomic E-state index is 11.3. The zero-order valence-corrected chi connectivity index (χ0v) is 8.04. The van der Waals surface area contributed by atoms with Crippen LogP contribution in [0, 0.1) is 0 Å². The average Bonchev–Trinajstić information content (AvgIpc) is 1.83. The highest BCUT2D eigenvalue weighted by Gasteiger charge is 2.34. The number of hydrogen-bond donors (Lipinski definition) is 0.